The van der Waals surface area contributed by atoms with E-state index in [0.717, 1.165) is 60.1 Å². The van der Waals surface area contributed by atoms with Crippen LogP contribution >= 0.6 is 0 Å². The molecule has 4 rings (SSSR count). The van der Waals surface area contributed by atoms with E-state index in [1.54, 1.807) is 45.5 Å². The van der Waals surface area contributed by atoms with Crippen LogP contribution in [-0.2, 0) is 37.9 Å². The molecule has 0 radical (unpaired) electrons. The number of benzene rings is 2. The molecule has 0 atom stereocenters. The first-order chi connectivity index (χ1) is 28.1. The van der Waals surface area contributed by atoms with Gasteiger partial charge in [-0.05, 0) is 53.6 Å². The fraction of sp³-hybridized carbons (Fsp3) is 0.465. The zero-order valence-corrected chi connectivity index (χ0v) is 34.0. The lowest BCUT2D eigenvalue weighted by Crippen LogP contribution is -2.31. The molecule has 14 nitrogen and oxygen atoms in total. The standard InChI is InChI=1S/C43H60N6O8/c1-50-27-31-54-23-19-47(20-24-55-32-28-51-2)41-13-7-37(8-14-41)5-11-39-35-40(46-43(45-39)49-18-17-44-36-49)12-6-38-9-15-42(16-10-38)48(21-25-56-33-29-52-3)22-26-57-34-30-53-4/h5-18,35-36H,19-34H2,1-4H3/b11-5+,12-6+. The first kappa shape index (κ1) is 45.2. The van der Waals surface area contributed by atoms with Gasteiger partial charge in [0.25, 0.3) is 0 Å². The Kier molecular flexibility index (Phi) is 22.2. The molecule has 0 aliphatic carbocycles. The Hall–Kier alpha value is -4.51. The van der Waals surface area contributed by atoms with Gasteiger partial charge in [0.2, 0.25) is 5.95 Å². The van der Waals surface area contributed by atoms with Crippen molar-refractivity contribution < 1.29 is 37.9 Å². The third-order valence-corrected chi connectivity index (χ3v) is 8.65. The van der Waals surface area contributed by atoms with Gasteiger partial charge in [0.05, 0.1) is 90.7 Å². The van der Waals surface area contributed by atoms with Crippen molar-refractivity contribution in [1.82, 2.24) is 19.5 Å². The maximum atomic E-state index is 5.75. The molecular formula is C43H60N6O8. The maximum absolute atomic E-state index is 5.75. The van der Waals surface area contributed by atoms with Crippen LogP contribution in [0.15, 0.2) is 73.3 Å². The van der Waals surface area contributed by atoms with Crippen molar-refractivity contribution in [3.8, 4) is 5.95 Å². The molecule has 0 saturated carbocycles. The molecule has 57 heavy (non-hydrogen) atoms. The minimum Gasteiger partial charge on any atom is -0.382 e. The molecule has 0 aliphatic rings. The Bertz CT molecular complexity index is 1540. The molecule has 0 fully saturated rings. The highest BCUT2D eigenvalue weighted by Gasteiger charge is 2.09. The van der Waals surface area contributed by atoms with Gasteiger partial charge in [0.1, 0.15) is 6.33 Å². The minimum absolute atomic E-state index is 0.534. The van der Waals surface area contributed by atoms with E-state index in [1.807, 2.05) is 24.4 Å². The second kappa shape index (κ2) is 28.0. The summed E-state index contributed by atoms with van der Waals surface area (Å²) in [5, 5.41) is 0. The lowest BCUT2D eigenvalue weighted by atomic mass is 10.1. The molecule has 14 heteroatoms. The van der Waals surface area contributed by atoms with E-state index in [-0.39, 0.29) is 0 Å². The molecule has 2 aromatic carbocycles. The fourth-order valence-electron chi connectivity index (χ4n) is 5.51. The van der Waals surface area contributed by atoms with E-state index in [9.17, 15) is 0 Å². The Morgan fingerprint density at radius 3 is 1.21 bits per heavy atom. The van der Waals surface area contributed by atoms with Crippen molar-refractivity contribution >= 4 is 35.7 Å². The second-order valence-electron chi connectivity index (χ2n) is 12.7. The van der Waals surface area contributed by atoms with Crippen LogP contribution in [0.2, 0.25) is 0 Å². The number of aromatic nitrogens is 4. The van der Waals surface area contributed by atoms with Gasteiger partial charge >= 0.3 is 0 Å². The molecule has 2 aromatic heterocycles. The quantitative estimate of drug-likeness (QED) is 0.0617. The Morgan fingerprint density at radius 2 is 0.877 bits per heavy atom. The van der Waals surface area contributed by atoms with Crippen LogP contribution in [0.25, 0.3) is 30.3 Å². The Morgan fingerprint density at radius 1 is 0.491 bits per heavy atom. The van der Waals surface area contributed by atoms with Gasteiger partial charge in [-0.3, -0.25) is 4.57 Å². The van der Waals surface area contributed by atoms with Gasteiger partial charge in [0, 0.05) is 78.4 Å². The number of imidazole rings is 1. The normalized spacial score (nSPS) is 11.6. The molecule has 0 N–H and O–H groups in total. The summed E-state index contributed by atoms with van der Waals surface area (Å²) in [4.78, 5) is 18.4. The maximum Gasteiger partial charge on any atom is 0.236 e. The summed E-state index contributed by atoms with van der Waals surface area (Å²) in [5.74, 6) is 0.534. The van der Waals surface area contributed by atoms with Crippen LogP contribution < -0.4 is 9.80 Å². The first-order valence-corrected chi connectivity index (χ1v) is 19.3. The van der Waals surface area contributed by atoms with Gasteiger partial charge < -0.3 is 47.7 Å². The number of hydrogen-bond donors (Lipinski definition) is 0. The highest BCUT2D eigenvalue weighted by atomic mass is 16.5. The van der Waals surface area contributed by atoms with Crippen LogP contribution in [0, 0.1) is 0 Å². The van der Waals surface area contributed by atoms with Crippen molar-refractivity contribution in [1.29, 1.82) is 0 Å². The van der Waals surface area contributed by atoms with E-state index >= 15 is 0 Å². The highest BCUT2D eigenvalue weighted by molar-refractivity contribution is 5.73. The number of methoxy groups -OCH3 is 4. The third kappa shape index (κ3) is 17.7. The average molecular weight is 789 g/mol. The first-order valence-electron chi connectivity index (χ1n) is 19.3. The summed E-state index contributed by atoms with van der Waals surface area (Å²) in [6.07, 6.45) is 13.4. The number of ether oxygens (including phenoxy) is 8. The van der Waals surface area contributed by atoms with Gasteiger partial charge in [-0.2, -0.15) is 0 Å². The third-order valence-electron chi connectivity index (χ3n) is 8.65. The Balaban J connectivity index is 1.44. The van der Waals surface area contributed by atoms with Crippen molar-refractivity contribution in [2.45, 2.75) is 0 Å². The minimum atomic E-state index is 0.534. The summed E-state index contributed by atoms with van der Waals surface area (Å²) in [5.41, 5.74) is 5.81. The predicted molar refractivity (Wildman–Crippen MR) is 225 cm³/mol. The zero-order chi connectivity index (χ0) is 40.2. The van der Waals surface area contributed by atoms with Crippen LogP contribution in [0.4, 0.5) is 11.4 Å². The van der Waals surface area contributed by atoms with Crippen LogP contribution in [-0.4, -0.2) is 153 Å². The predicted octanol–water partition coefficient (Wildman–Crippen LogP) is 5.27. The van der Waals surface area contributed by atoms with Crippen LogP contribution in [0.1, 0.15) is 22.5 Å². The molecule has 0 amide bonds. The van der Waals surface area contributed by atoms with Gasteiger partial charge in [-0.15, -0.1) is 0 Å². The topological polar surface area (TPSA) is 124 Å². The van der Waals surface area contributed by atoms with Gasteiger partial charge in [-0.1, -0.05) is 36.4 Å². The molecule has 0 bridgehead atoms. The number of anilines is 2. The summed E-state index contributed by atoms with van der Waals surface area (Å²) >= 11 is 0. The zero-order valence-electron chi connectivity index (χ0n) is 34.0. The van der Waals surface area contributed by atoms with Crippen molar-refractivity contribution in [3.05, 3.63) is 95.8 Å². The molecule has 0 unspecified atom stereocenters. The number of hydrogen-bond acceptors (Lipinski definition) is 13. The van der Waals surface area contributed by atoms with E-state index in [1.165, 1.54) is 0 Å². The monoisotopic (exact) mass is 788 g/mol. The molecule has 4 aromatic rings. The smallest absolute Gasteiger partial charge is 0.236 e. The summed E-state index contributed by atoms with van der Waals surface area (Å²) < 4.78 is 45.2. The lowest BCUT2D eigenvalue weighted by Gasteiger charge is -2.25. The van der Waals surface area contributed by atoms with Crippen LogP contribution in [0.5, 0.6) is 0 Å². The van der Waals surface area contributed by atoms with Crippen molar-refractivity contribution in [3.63, 3.8) is 0 Å². The highest BCUT2D eigenvalue weighted by Crippen LogP contribution is 2.20. The van der Waals surface area contributed by atoms with E-state index in [4.69, 9.17) is 47.9 Å². The van der Waals surface area contributed by atoms with E-state index < -0.39 is 0 Å². The molecule has 2 heterocycles. The SMILES string of the molecule is COCCOCCN(CCOCCOC)c1ccc(/C=C/c2cc(/C=C/c3ccc(N(CCOCCOC)CCOCCOC)cc3)nc(-n3ccnc3)n2)cc1. The summed E-state index contributed by atoms with van der Waals surface area (Å²) in [6.45, 7) is 9.85. The van der Waals surface area contributed by atoms with Crippen molar-refractivity contribution in [2.24, 2.45) is 0 Å². The van der Waals surface area contributed by atoms with Gasteiger partial charge in [0.15, 0.2) is 0 Å². The molecule has 0 spiro atoms. The number of nitrogens with zero attached hydrogens (tertiary/aromatic N) is 6. The van der Waals surface area contributed by atoms with E-state index in [0.29, 0.717) is 85.2 Å². The average Bonchev–Trinajstić information content (AvgIpc) is 3.79. The largest absolute Gasteiger partial charge is 0.382 e. The van der Waals surface area contributed by atoms with Gasteiger partial charge in [-0.25, -0.2) is 15.0 Å². The molecular weight excluding hydrogens is 729 g/mol. The van der Waals surface area contributed by atoms with Crippen LogP contribution in [0.3, 0.4) is 0 Å². The molecule has 310 valence electrons. The Labute approximate surface area is 337 Å². The van der Waals surface area contributed by atoms with Crippen molar-refractivity contribution in [2.75, 3.05) is 144 Å². The second-order valence-corrected chi connectivity index (χ2v) is 12.7. The summed E-state index contributed by atoms with van der Waals surface area (Å²) in [6, 6.07) is 18.8. The molecule has 0 saturated heterocycles. The summed E-state index contributed by atoms with van der Waals surface area (Å²) in [7, 11) is 6.69. The molecule has 0 aliphatic heterocycles. The fourth-order valence-corrected chi connectivity index (χ4v) is 5.51. The lowest BCUT2D eigenvalue weighted by molar-refractivity contribution is 0.0677. The van der Waals surface area contributed by atoms with E-state index in [2.05, 4.69) is 75.5 Å². The number of rotatable bonds is 31.